The van der Waals surface area contributed by atoms with Gasteiger partial charge in [0, 0.05) is 16.7 Å². The molecule has 0 N–H and O–H groups in total. The van der Waals surface area contributed by atoms with Crippen molar-refractivity contribution in [2.45, 2.75) is 26.4 Å². The zero-order valence-electron chi connectivity index (χ0n) is 14.9. The molecule has 0 aromatic heterocycles. The summed E-state index contributed by atoms with van der Waals surface area (Å²) in [6.45, 7) is 6.48. The Morgan fingerprint density at radius 1 is 0.680 bits per heavy atom. The molecule has 0 bridgehead atoms. The van der Waals surface area contributed by atoms with Gasteiger partial charge in [0.15, 0.2) is 0 Å². The van der Waals surface area contributed by atoms with Crippen LogP contribution < -0.4 is 0 Å². The van der Waals surface area contributed by atoms with E-state index in [0.717, 1.165) is 11.3 Å². The molecule has 0 saturated carbocycles. The molecule has 0 aliphatic carbocycles. The van der Waals surface area contributed by atoms with Crippen LogP contribution >= 0.6 is 0 Å². The summed E-state index contributed by atoms with van der Waals surface area (Å²) in [6, 6.07) is 27.5. The molecule has 0 fully saturated rings. The first-order chi connectivity index (χ1) is 12.1. The van der Waals surface area contributed by atoms with Crippen LogP contribution in [0.15, 0.2) is 78.9 Å². The van der Waals surface area contributed by atoms with Gasteiger partial charge in [-0.1, -0.05) is 78.9 Å². The summed E-state index contributed by atoms with van der Waals surface area (Å²) in [7, 11) is 0. The summed E-state index contributed by atoms with van der Waals surface area (Å²) in [4.78, 5) is 0. The number of benzene rings is 3. The zero-order chi connectivity index (χ0) is 17.4. The van der Waals surface area contributed by atoms with E-state index in [1.165, 1.54) is 27.8 Å². The number of fused-ring (bicyclic) bond motifs is 1. The molecule has 3 aromatic rings. The maximum absolute atomic E-state index is 6.61. The lowest BCUT2D eigenvalue weighted by atomic mass is 9.80. The fourth-order valence-electron chi connectivity index (χ4n) is 3.84. The molecule has 0 spiro atoms. The molecule has 1 heteroatoms. The minimum absolute atomic E-state index is 0.371. The van der Waals surface area contributed by atoms with Crippen LogP contribution in [0, 0.1) is 6.92 Å². The van der Waals surface area contributed by atoms with Crippen molar-refractivity contribution in [1.82, 2.24) is 0 Å². The van der Waals surface area contributed by atoms with Gasteiger partial charge in [-0.3, -0.25) is 0 Å². The second-order valence-electron chi connectivity index (χ2n) is 7.05. The first kappa shape index (κ1) is 15.7. The van der Waals surface area contributed by atoms with Crippen molar-refractivity contribution in [2.75, 3.05) is 0 Å². The minimum atomic E-state index is -0.371. The maximum atomic E-state index is 6.61. The van der Waals surface area contributed by atoms with E-state index in [1.807, 2.05) is 6.07 Å². The van der Waals surface area contributed by atoms with E-state index in [9.17, 15) is 0 Å². The second-order valence-corrected chi connectivity index (χ2v) is 7.05. The van der Waals surface area contributed by atoms with E-state index < -0.39 is 0 Å². The molecule has 0 saturated heterocycles. The van der Waals surface area contributed by atoms with Gasteiger partial charge in [0.25, 0.3) is 0 Å². The Morgan fingerprint density at radius 3 is 1.92 bits per heavy atom. The summed E-state index contributed by atoms with van der Waals surface area (Å²) >= 11 is 0. The highest BCUT2D eigenvalue weighted by molar-refractivity contribution is 5.98. The highest BCUT2D eigenvalue weighted by atomic mass is 16.5. The van der Waals surface area contributed by atoms with E-state index in [2.05, 4.69) is 93.6 Å². The van der Waals surface area contributed by atoms with Gasteiger partial charge in [0.05, 0.1) is 0 Å². The van der Waals surface area contributed by atoms with E-state index >= 15 is 0 Å². The average Bonchev–Trinajstić information content (AvgIpc) is 2.62. The third-order valence-electron chi connectivity index (χ3n) is 4.83. The predicted octanol–water partition coefficient (Wildman–Crippen LogP) is 6.18. The van der Waals surface area contributed by atoms with Crippen LogP contribution in [-0.2, 0) is 10.3 Å². The highest BCUT2D eigenvalue weighted by Gasteiger charge is 2.36. The van der Waals surface area contributed by atoms with Gasteiger partial charge in [-0.15, -0.1) is 0 Å². The van der Waals surface area contributed by atoms with Crippen LogP contribution in [0.4, 0.5) is 0 Å². The summed E-state index contributed by atoms with van der Waals surface area (Å²) < 4.78 is 6.61. The van der Waals surface area contributed by atoms with Crippen molar-refractivity contribution in [2.24, 2.45) is 0 Å². The standard InChI is InChI=1S/C24H22O/c1-17-11-10-16-20-21(18-12-6-4-7-13-18)23(19-14-8-5-9-15-19)25-24(2,3)22(17)20/h4-16H,1-3H3. The largest absolute Gasteiger partial charge is 0.482 e. The second kappa shape index (κ2) is 5.93. The zero-order valence-corrected chi connectivity index (χ0v) is 14.9. The molecular weight excluding hydrogens is 304 g/mol. The molecule has 1 nitrogen and oxygen atoms in total. The van der Waals surface area contributed by atoms with E-state index in [-0.39, 0.29) is 5.60 Å². The fraction of sp³-hybridized carbons (Fsp3) is 0.167. The number of ether oxygens (including phenoxy) is 1. The first-order valence-corrected chi connectivity index (χ1v) is 8.72. The molecule has 0 atom stereocenters. The van der Waals surface area contributed by atoms with Crippen molar-refractivity contribution in [3.05, 3.63) is 107 Å². The van der Waals surface area contributed by atoms with Crippen molar-refractivity contribution in [3.63, 3.8) is 0 Å². The van der Waals surface area contributed by atoms with Gasteiger partial charge in [0.1, 0.15) is 11.4 Å². The van der Waals surface area contributed by atoms with Gasteiger partial charge < -0.3 is 4.74 Å². The molecule has 124 valence electrons. The smallest absolute Gasteiger partial charge is 0.136 e. The van der Waals surface area contributed by atoms with Crippen molar-refractivity contribution in [3.8, 4) is 0 Å². The van der Waals surface area contributed by atoms with Gasteiger partial charge in [0.2, 0.25) is 0 Å². The van der Waals surface area contributed by atoms with Crippen molar-refractivity contribution < 1.29 is 4.74 Å². The van der Waals surface area contributed by atoms with Gasteiger partial charge in [-0.05, 0) is 37.5 Å². The van der Waals surface area contributed by atoms with Gasteiger partial charge in [-0.2, -0.15) is 0 Å². The van der Waals surface area contributed by atoms with Crippen LogP contribution in [0.3, 0.4) is 0 Å². The maximum Gasteiger partial charge on any atom is 0.136 e. The van der Waals surface area contributed by atoms with Crippen molar-refractivity contribution >= 4 is 11.3 Å². The van der Waals surface area contributed by atoms with E-state index in [0.29, 0.717) is 0 Å². The van der Waals surface area contributed by atoms with E-state index in [1.54, 1.807) is 0 Å². The molecule has 25 heavy (non-hydrogen) atoms. The number of aryl methyl sites for hydroxylation is 1. The summed E-state index contributed by atoms with van der Waals surface area (Å²) in [5, 5.41) is 0. The third-order valence-corrected chi connectivity index (χ3v) is 4.83. The molecule has 4 rings (SSSR count). The van der Waals surface area contributed by atoms with Crippen LogP contribution in [-0.4, -0.2) is 0 Å². The number of hydrogen-bond acceptors (Lipinski definition) is 1. The normalized spacial score (nSPS) is 15.5. The average molecular weight is 326 g/mol. The molecular formula is C24H22O. The molecule has 0 unspecified atom stereocenters. The lowest BCUT2D eigenvalue weighted by molar-refractivity contribution is 0.0715. The monoisotopic (exact) mass is 326 g/mol. The first-order valence-electron chi connectivity index (χ1n) is 8.72. The predicted molar refractivity (Wildman–Crippen MR) is 104 cm³/mol. The Kier molecular flexibility index (Phi) is 3.73. The van der Waals surface area contributed by atoms with Crippen molar-refractivity contribution in [1.29, 1.82) is 0 Å². The highest BCUT2D eigenvalue weighted by Crippen LogP contribution is 2.47. The fourth-order valence-corrected chi connectivity index (χ4v) is 3.84. The number of hydrogen-bond donors (Lipinski definition) is 0. The van der Waals surface area contributed by atoms with Gasteiger partial charge >= 0.3 is 0 Å². The van der Waals surface area contributed by atoms with Crippen LogP contribution in [0.2, 0.25) is 0 Å². The summed E-state index contributed by atoms with van der Waals surface area (Å²) in [5.74, 6) is 0.954. The minimum Gasteiger partial charge on any atom is -0.482 e. The quantitative estimate of drug-likeness (QED) is 0.546. The molecule has 1 heterocycles. The molecule has 3 aromatic carbocycles. The Hall–Kier alpha value is -2.80. The van der Waals surface area contributed by atoms with Gasteiger partial charge in [-0.25, -0.2) is 0 Å². The van der Waals surface area contributed by atoms with Crippen LogP contribution in [0.25, 0.3) is 11.3 Å². The SMILES string of the molecule is Cc1cccc2c1C(C)(C)OC(c1ccccc1)=C2c1ccccc1. The molecule has 0 radical (unpaired) electrons. The molecule has 0 amide bonds. The lowest BCUT2D eigenvalue weighted by Gasteiger charge is -2.38. The Labute approximate surface area is 149 Å². The Bertz CT molecular complexity index is 934. The Balaban J connectivity index is 2.08. The lowest BCUT2D eigenvalue weighted by Crippen LogP contribution is -2.28. The Morgan fingerprint density at radius 2 is 1.28 bits per heavy atom. The van der Waals surface area contributed by atoms with Crippen LogP contribution in [0.1, 0.15) is 41.7 Å². The number of rotatable bonds is 2. The topological polar surface area (TPSA) is 9.23 Å². The van der Waals surface area contributed by atoms with E-state index in [4.69, 9.17) is 4.74 Å². The molecule has 1 aliphatic heterocycles. The third kappa shape index (κ3) is 2.66. The molecule has 1 aliphatic rings. The van der Waals surface area contributed by atoms with Crippen LogP contribution in [0.5, 0.6) is 0 Å². The summed E-state index contributed by atoms with van der Waals surface area (Å²) in [6.07, 6.45) is 0. The summed E-state index contributed by atoms with van der Waals surface area (Å²) in [5.41, 5.74) is 6.90.